The summed E-state index contributed by atoms with van der Waals surface area (Å²) in [5.74, 6) is 0.262. The van der Waals surface area contributed by atoms with Crippen molar-refractivity contribution in [2.45, 2.75) is 52.0 Å². The minimum atomic E-state index is -0.241. The predicted molar refractivity (Wildman–Crippen MR) is 104 cm³/mol. The third-order valence-corrected chi connectivity index (χ3v) is 5.73. The predicted octanol–water partition coefficient (Wildman–Crippen LogP) is 2.76. The number of likely N-dealkylation sites (tertiary alicyclic amines) is 1. The largest absolute Gasteiger partial charge is 0.353 e. The molecule has 1 aromatic carbocycles. The minimum Gasteiger partial charge on any atom is -0.353 e. The molecule has 0 radical (unpaired) electrons. The van der Waals surface area contributed by atoms with Crippen molar-refractivity contribution in [1.82, 2.24) is 10.2 Å². The second kappa shape index (κ2) is 8.21. The van der Waals surface area contributed by atoms with Crippen LogP contribution in [-0.2, 0) is 9.59 Å². The van der Waals surface area contributed by atoms with E-state index in [1.165, 1.54) is 5.56 Å². The lowest BCUT2D eigenvalue weighted by Crippen LogP contribution is -2.46. The van der Waals surface area contributed by atoms with Crippen molar-refractivity contribution in [3.63, 3.8) is 0 Å². The molecule has 0 saturated carbocycles. The zero-order valence-electron chi connectivity index (χ0n) is 16.2. The highest BCUT2D eigenvalue weighted by atomic mass is 16.2. The number of hydrogen-bond donors (Lipinski definition) is 1. The van der Waals surface area contributed by atoms with Gasteiger partial charge in [0.15, 0.2) is 0 Å². The first-order chi connectivity index (χ1) is 12.5. The monoisotopic (exact) mass is 357 g/mol. The molecule has 1 aromatic rings. The molecule has 0 aliphatic carbocycles. The van der Waals surface area contributed by atoms with E-state index in [1.54, 1.807) is 4.90 Å². The van der Waals surface area contributed by atoms with E-state index in [0.717, 1.165) is 38.2 Å². The van der Waals surface area contributed by atoms with E-state index in [1.807, 2.05) is 12.1 Å². The van der Waals surface area contributed by atoms with Crippen LogP contribution in [0.1, 0.15) is 51.5 Å². The van der Waals surface area contributed by atoms with Crippen LogP contribution in [-0.4, -0.2) is 48.9 Å². The van der Waals surface area contributed by atoms with E-state index in [-0.39, 0.29) is 23.8 Å². The van der Waals surface area contributed by atoms with Gasteiger partial charge in [-0.3, -0.25) is 9.59 Å². The van der Waals surface area contributed by atoms with Gasteiger partial charge in [0.25, 0.3) is 0 Å². The maximum Gasteiger partial charge on any atom is 0.227 e. The Labute approximate surface area is 156 Å². The Morgan fingerprint density at radius 1 is 1.27 bits per heavy atom. The van der Waals surface area contributed by atoms with E-state index in [9.17, 15) is 9.59 Å². The highest BCUT2D eigenvalue weighted by Gasteiger charge is 2.36. The quantitative estimate of drug-likeness (QED) is 0.882. The third-order valence-electron chi connectivity index (χ3n) is 5.73. The number of piperidine rings is 1. The fourth-order valence-electron chi connectivity index (χ4n) is 3.90. The molecule has 1 unspecified atom stereocenters. The first-order valence-electron chi connectivity index (χ1n) is 9.91. The van der Waals surface area contributed by atoms with Gasteiger partial charge in [0, 0.05) is 37.8 Å². The molecular weight excluding hydrogens is 326 g/mol. The summed E-state index contributed by atoms with van der Waals surface area (Å²) in [6.45, 7) is 10.1. The van der Waals surface area contributed by atoms with Gasteiger partial charge in [-0.15, -0.1) is 0 Å². The first kappa shape index (κ1) is 18.9. The lowest BCUT2D eigenvalue weighted by atomic mass is 10.0. The molecular formula is C21H31N3O2. The van der Waals surface area contributed by atoms with E-state index >= 15 is 0 Å². The highest BCUT2D eigenvalue weighted by molar-refractivity contribution is 6.00. The smallest absolute Gasteiger partial charge is 0.227 e. The second-order valence-electron chi connectivity index (χ2n) is 7.87. The average Bonchev–Trinajstić information content (AvgIpc) is 3.04. The number of nitrogens with one attached hydrogen (secondary N) is 1. The SMILES string of the molecule is CCN1CCC(NC(=O)C2CC(=O)N(c3cccc(C(C)C)c3)C2)CC1. The molecule has 5 heteroatoms. The van der Waals surface area contributed by atoms with Gasteiger partial charge in [0.05, 0.1) is 5.92 Å². The van der Waals surface area contributed by atoms with Crippen LogP contribution in [0.15, 0.2) is 24.3 Å². The Balaban J connectivity index is 1.59. The van der Waals surface area contributed by atoms with Crippen molar-refractivity contribution < 1.29 is 9.59 Å². The van der Waals surface area contributed by atoms with E-state index in [0.29, 0.717) is 18.9 Å². The van der Waals surface area contributed by atoms with Crippen molar-refractivity contribution in [1.29, 1.82) is 0 Å². The highest BCUT2D eigenvalue weighted by Crippen LogP contribution is 2.28. The number of benzene rings is 1. The lowest BCUT2D eigenvalue weighted by Gasteiger charge is -2.32. The van der Waals surface area contributed by atoms with Gasteiger partial charge in [0.2, 0.25) is 11.8 Å². The van der Waals surface area contributed by atoms with Gasteiger partial charge in [-0.2, -0.15) is 0 Å². The number of amides is 2. The van der Waals surface area contributed by atoms with Crippen LogP contribution in [0.3, 0.4) is 0 Å². The van der Waals surface area contributed by atoms with Crippen molar-refractivity contribution >= 4 is 17.5 Å². The summed E-state index contributed by atoms with van der Waals surface area (Å²) in [4.78, 5) is 29.3. The van der Waals surface area contributed by atoms with Gasteiger partial charge in [0.1, 0.15) is 0 Å². The number of anilines is 1. The molecule has 0 aromatic heterocycles. The second-order valence-corrected chi connectivity index (χ2v) is 7.87. The van der Waals surface area contributed by atoms with Gasteiger partial charge >= 0.3 is 0 Å². The molecule has 1 atom stereocenters. The third kappa shape index (κ3) is 4.26. The van der Waals surface area contributed by atoms with E-state index in [4.69, 9.17) is 0 Å². The number of hydrogen-bond acceptors (Lipinski definition) is 3. The normalized spacial score (nSPS) is 22.2. The van der Waals surface area contributed by atoms with Crippen LogP contribution in [0.25, 0.3) is 0 Å². The first-order valence-corrected chi connectivity index (χ1v) is 9.91. The molecule has 2 saturated heterocycles. The molecule has 0 spiro atoms. The Bertz CT molecular complexity index is 650. The van der Waals surface area contributed by atoms with E-state index in [2.05, 4.69) is 43.1 Å². The molecule has 5 nitrogen and oxygen atoms in total. The number of carbonyl (C=O) groups is 2. The summed E-state index contributed by atoms with van der Waals surface area (Å²) in [5, 5.41) is 3.18. The van der Waals surface area contributed by atoms with Crippen LogP contribution in [0.5, 0.6) is 0 Å². The summed E-state index contributed by atoms with van der Waals surface area (Å²) in [6, 6.07) is 8.36. The molecule has 1 N–H and O–H groups in total. The molecule has 2 fully saturated rings. The van der Waals surface area contributed by atoms with Crippen LogP contribution in [0.4, 0.5) is 5.69 Å². The molecule has 3 rings (SSSR count). The van der Waals surface area contributed by atoms with Gasteiger partial charge in [-0.05, 0) is 43.0 Å². The van der Waals surface area contributed by atoms with E-state index < -0.39 is 0 Å². The maximum absolute atomic E-state index is 12.7. The summed E-state index contributed by atoms with van der Waals surface area (Å²) in [6.07, 6.45) is 2.31. The maximum atomic E-state index is 12.7. The van der Waals surface area contributed by atoms with Crippen LogP contribution < -0.4 is 10.2 Å². The van der Waals surface area contributed by atoms with Crippen LogP contribution in [0.2, 0.25) is 0 Å². The zero-order valence-corrected chi connectivity index (χ0v) is 16.2. The average molecular weight is 357 g/mol. The van der Waals surface area contributed by atoms with Gasteiger partial charge < -0.3 is 15.1 Å². The molecule has 26 heavy (non-hydrogen) atoms. The Kier molecular flexibility index (Phi) is 5.97. The van der Waals surface area contributed by atoms with Crippen LogP contribution in [0, 0.1) is 5.92 Å². The van der Waals surface area contributed by atoms with Crippen molar-refractivity contribution in [2.24, 2.45) is 5.92 Å². The minimum absolute atomic E-state index is 0.0378. The molecule has 142 valence electrons. The molecule has 2 amide bonds. The summed E-state index contributed by atoms with van der Waals surface area (Å²) < 4.78 is 0. The number of carbonyl (C=O) groups excluding carboxylic acids is 2. The molecule has 0 bridgehead atoms. The molecule has 2 heterocycles. The Morgan fingerprint density at radius 3 is 2.65 bits per heavy atom. The number of nitrogens with zero attached hydrogens (tertiary/aromatic N) is 2. The Morgan fingerprint density at radius 2 is 2.00 bits per heavy atom. The topological polar surface area (TPSA) is 52.7 Å². The zero-order chi connectivity index (χ0) is 18.7. The van der Waals surface area contributed by atoms with Crippen LogP contribution >= 0.6 is 0 Å². The van der Waals surface area contributed by atoms with Crippen molar-refractivity contribution in [3.8, 4) is 0 Å². The summed E-state index contributed by atoms with van der Waals surface area (Å²) in [5.41, 5.74) is 2.12. The lowest BCUT2D eigenvalue weighted by molar-refractivity contribution is -0.127. The van der Waals surface area contributed by atoms with Crippen molar-refractivity contribution in [2.75, 3.05) is 31.1 Å². The van der Waals surface area contributed by atoms with Gasteiger partial charge in [-0.1, -0.05) is 32.9 Å². The summed E-state index contributed by atoms with van der Waals surface area (Å²) >= 11 is 0. The fourth-order valence-corrected chi connectivity index (χ4v) is 3.90. The Hall–Kier alpha value is -1.88. The molecule has 2 aliphatic rings. The van der Waals surface area contributed by atoms with Gasteiger partial charge in [-0.25, -0.2) is 0 Å². The number of rotatable bonds is 5. The fraction of sp³-hybridized carbons (Fsp3) is 0.619. The van der Waals surface area contributed by atoms with Crippen molar-refractivity contribution in [3.05, 3.63) is 29.8 Å². The molecule has 2 aliphatic heterocycles. The standard InChI is InChI=1S/C21H31N3O2/c1-4-23-10-8-18(9-11-23)22-21(26)17-13-20(25)24(14-17)19-7-5-6-16(12-19)15(2)3/h5-7,12,15,17-18H,4,8-11,13-14H2,1-3H3,(H,22,26). The summed E-state index contributed by atoms with van der Waals surface area (Å²) in [7, 11) is 0.